The molecule has 1 nitrogen and oxygen atoms in total. The van der Waals surface area contributed by atoms with Gasteiger partial charge in [-0.05, 0) is 0 Å². The maximum absolute atomic E-state index is 12.6. The van der Waals surface area contributed by atoms with Gasteiger partial charge in [-0.3, -0.25) is 0 Å². The van der Waals surface area contributed by atoms with Crippen LogP contribution in [0, 0.1) is 5.41 Å². The van der Waals surface area contributed by atoms with Crippen molar-refractivity contribution in [3.05, 3.63) is 0 Å². The fourth-order valence-corrected chi connectivity index (χ4v) is 1.27. The highest BCUT2D eigenvalue weighted by atomic mass is 19.4. The Morgan fingerprint density at radius 2 is 1.69 bits per heavy atom. The van der Waals surface area contributed by atoms with Crippen molar-refractivity contribution in [1.82, 2.24) is 0 Å². The van der Waals surface area contributed by atoms with E-state index in [-0.39, 0.29) is 0 Å². The lowest BCUT2D eigenvalue weighted by Gasteiger charge is -2.21. The summed E-state index contributed by atoms with van der Waals surface area (Å²) < 4.78 is 72.6. The molecule has 0 heterocycles. The second-order valence-corrected chi connectivity index (χ2v) is 3.15. The normalized spacial score (nSPS) is 34.4. The van der Waals surface area contributed by atoms with E-state index >= 15 is 0 Å². The highest BCUT2D eigenvalue weighted by Gasteiger charge is 2.79. The third-order valence-electron chi connectivity index (χ3n) is 2.28. The van der Waals surface area contributed by atoms with Gasteiger partial charge in [0, 0.05) is 13.0 Å². The van der Waals surface area contributed by atoms with E-state index in [0.29, 0.717) is 0 Å². The van der Waals surface area contributed by atoms with E-state index in [1.54, 1.807) is 0 Å². The summed E-state index contributed by atoms with van der Waals surface area (Å²) in [5.41, 5.74) is 2.00. The largest absolute Gasteiger partial charge is 0.420 e. The Kier molecular flexibility index (Phi) is 2.06. The van der Waals surface area contributed by atoms with Crippen molar-refractivity contribution >= 4 is 0 Å². The molecule has 1 aliphatic rings. The van der Waals surface area contributed by atoms with E-state index in [0.717, 1.165) is 0 Å². The zero-order valence-electron chi connectivity index (χ0n) is 6.34. The molecular weight excluding hydrogens is 200 g/mol. The van der Waals surface area contributed by atoms with E-state index in [1.165, 1.54) is 0 Å². The van der Waals surface area contributed by atoms with Crippen molar-refractivity contribution in [3.8, 4) is 0 Å². The Morgan fingerprint density at radius 3 is 1.77 bits per heavy atom. The summed E-state index contributed by atoms with van der Waals surface area (Å²) in [6, 6.07) is 0. The van der Waals surface area contributed by atoms with Gasteiger partial charge >= 0.3 is 6.18 Å². The van der Waals surface area contributed by atoms with Gasteiger partial charge in [-0.25, -0.2) is 13.2 Å². The van der Waals surface area contributed by atoms with Gasteiger partial charge < -0.3 is 5.73 Å². The van der Waals surface area contributed by atoms with Crippen LogP contribution in [-0.4, -0.2) is 24.8 Å². The highest BCUT2D eigenvalue weighted by molar-refractivity contribution is 5.16. The van der Waals surface area contributed by atoms with Crippen molar-refractivity contribution in [1.29, 1.82) is 0 Å². The van der Waals surface area contributed by atoms with Gasteiger partial charge in [0.1, 0.15) is 0 Å². The summed E-state index contributed by atoms with van der Waals surface area (Å²) in [5, 5.41) is 0. The monoisotopic (exact) mass is 207 g/mol. The predicted octanol–water partition coefficient (Wildman–Crippen LogP) is 1.87. The molecule has 0 spiro atoms. The molecule has 1 saturated carbocycles. The molecule has 13 heavy (non-hydrogen) atoms. The second kappa shape index (κ2) is 2.52. The molecule has 7 heteroatoms. The SMILES string of the molecule is NCC1(C(F)C(F)(F)F)CC1(F)F. The van der Waals surface area contributed by atoms with Crippen molar-refractivity contribution in [2.75, 3.05) is 6.54 Å². The van der Waals surface area contributed by atoms with Gasteiger partial charge in [-0.2, -0.15) is 13.2 Å². The number of alkyl halides is 6. The average molecular weight is 207 g/mol. The maximum Gasteiger partial charge on any atom is 0.420 e. The minimum absolute atomic E-state index is 0.999. The van der Waals surface area contributed by atoms with Crippen LogP contribution in [0.5, 0.6) is 0 Å². The molecule has 0 aliphatic heterocycles. The molecule has 0 amide bonds. The van der Waals surface area contributed by atoms with Crippen molar-refractivity contribution in [2.45, 2.75) is 24.7 Å². The lowest BCUT2D eigenvalue weighted by Crippen LogP contribution is -2.41. The van der Waals surface area contributed by atoms with E-state index in [4.69, 9.17) is 5.73 Å². The minimum atomic E-state index is -5.26. The van der Waals surface area contributed by atoms with Crippen LogP contribution in [0.15, 0.2) is 0 Å². The molecule has 2 N–H and O–H groups in total. The van der Waals surface area contributed by atoms with Crippen LogP contribution in [0.25, 0.3) is 0 Å². The highest BCUT2D eigenvalue weighted by Crippen LogP contribution is 2.65. The van der Waals surface area contributed by atoms with Gasteiger partial charge in [-0.15, -0.1) is 0 Å². The van der Waals surface area contributed by atoms with E-state index < -0.39 is 36.7 Å². The first-order valence-electron chi connectivity index (χ1n) is 3.46. The molecule has 0 aromatic carbocycles. The minimum Gasteiger partial charge on any atom is -0.330 e. The summed E-state index contributed by atoms with van der Waals surface area (Å²) in [6.07, 6.45) is -9.93. The van der Waals surface area contributed by atoms with Crippen LogP contribution >= 0.6 is 0 Å². The van der Waals surface area contributed by atoms with Gasteiger partial charge in [0.15, 0.2) is 0 Å². The van der Waals surface area contributed by atoms with Gasteiger partial charge in [0.05, 0.1) is 5.41 Å². The summed E-state index contributed by atoms with van der Waals surface area (Å²) in [7, 11) is 0. The van der Waals surface area contributed by atoms with E-state index in [1.807, 2.05) is 0 Å². The molecule has 0 radical (unpaired) electrons. The first-order chi connectivity index (χ1) is 5.67. The Labute approximate surface area is 69.9 Å². The summed E-state index contributed by atoms with van der Waals surface area (Å²) in [4.78, 5) is 0. The maximum atomic E-state index is 12.6. The van der Waals surface area contributed by atoms with Crippen LogP contribution in [0.4, 0.5) is 26.3 Å². The summed E-state index contributed by atoms with van der Waals surface area (Å²) in [6.45, 7) is -0.999. The zero-order valence-corrected chi connectivity index (χ0v) is 6.34. The van der Waals surface area contributed by atoms with Gasteiger partial charge in [-0.1, -0.05) is 0 Å². The van der Waals surface area contributed by atoms with Crippen LogP contribution in [-0.2, 0) is 0 Å². The summed E-state index contributed by atoms with van der Waals surface area (Å²) >= 11 is 0. The fourth-order valence-electron chi connectivity index (χ4n) is 1.27. The molecule has 1 aliphatic carbocycles. The lowest BCUT2D eigenvalue weighted by molar-refractivity contribution is -0.207. The Morgan fingerprint density at radius 1 is 1.31 bits per heavy atom. The zero-order chi connectivity index (χ0) is 10.5. The topological polar surface area (TPSA) is 26.0 Å². The summed E-state index contributed by atoms with van der Waals surface area (Å²) in [5.74, 6) is -3.63. The van der Waals surface area contributed by atoms with Gasteiger partial charge in [0.2, 0.25) is 6.17 Å². The van der Waals surface area contributed by atoms with E-state index in [9.17, 15) is 26.3 Å². The molecule has 2 atom stereocenters. The standard InChI is InChI=1S/C6H7F6N/c7-3(6(10,11)12)4(2-13)1-5(4,8)9/h3H,1-2,13H2. The van der Waals surface area contributed by atoms with Crippen molar-refractivity contribution < 1.29 is 26.3 Å². The second-order valence-electron chi connectivity index (χ2n) is 3.15. The third kappa shape index (κ3) is 1.38. The number of rotatable bonds is 2. The number of nitrogens with two attached hydrogens (primary N) is 1. The molecular formula is C6H7F6N. The lowest BCUT2D eigenvalue weighted by atomic mass is 9.99. The Bertz CT molecular complexity index is 208. The first kappa shape index (κ1) is 10.6. The molecule has 1 rings (SSSR count). The number of halogens is 6. The molecule has 0 bridgehead atoms. The molecule has 0 aromatic rings. The molecule has 0 saturated heterocycles. The molecule has 78 valence electrons. The smallest absolute Gasteiger partial charge is 0.330 e. The molecule has 2 unspecified atom stereocenters. The average Bonchev–Trinajstić information content (AvgIpc) is 2.51. The molecule has 1 fully saturated rings. The van der Waals surface area contributed by atoms with Crippen molar-refractivity contribution in [2.24, 2.45) is 11.1 Å². The van der Waals surface area contributed by atoms with Crippen molar-refractivity contribution in [3.63, 3.8) is 0 Å². The van der Waals surface area contributed by atoms with Gasteiger partial charge in [0.25, 0.3) is 5.92 Å². The number of hydrogen-bond acceptors (Lipinski definition) is 1. The third-order valence-corrected chi connectivity index (χ3v) is 2.28. The van der Waals surface area contributed by atoms with Crippen LogP contribution in [0.3, 0.4) is 0 Å². The van der Waals surface area contributed by atoms with Crippen LogP contribution in [0.1, 0.15) is 6.42 Å². The number of hydrogen-bond donors (Lipinski definition) is 1. The van der Waals surface area contributed by atoms with Crippen LogP contribution < -0.4 is 5.73 Å². The Balaban J connectivity index is 2.83. The predicted molar refractivity (Wildman–Crippen MR) is 32.0 cm³/mol. The van der Waals surface area contributed by atoms with E-state index in [2.05, 4.69) is 0 Å². The first-order valence-corrected chi connectivity index (χ1v) is 3.46. The van der Waals surface area contributed by atoms with Crippen LogP contribution in [0.2, 0.25) is 0 Å². The fraction of sp³-hybridized carbons (Fsp3) is 1.00. The Hall–Kier alpha value is -0.460. The molecule has 0 aromatic heterocycles. The quantitative estimate of drug-likeness (QED) is 0.687.